The van der Waals surface area contributed by atoms with Gasteiger partial charge in [-0.1, -0.05) is 27.7 Å². The highest BCUT2D eigenvalue weighted by Crippen LogP contribution is 2.41. The van der Waals surface area contributed by atoms with E-state index in [1.54, 1.807) is 0 Å². The van der Waals surface area contributed by atoms with E-state index in [1.807, 2.05) is 6.92 Å². The molecule has 1 aliphatic rings. The molecule has 1 aromatic heterocycles. The maximum absolute atomic E-state index is 12.1. The van der Waals surface area contributed by atoms with Crippen molar-refractivity contribution in [3.8, 4) is 0 Å². The molecule has 118 valence electrons. The summed E-state index contributed by atoms with van der Waals surface area (Å²) in [6.45, 7) is 11.3. The van der Waals surface area contributed by atoms with Crippen molar-refractivity contribution in [3.63, 3.8) is 0 Å². The Morgan fingerprint density at radius 3 is 2.86 bits per heavy atom. The van der Waals surface area contributed by atoms with Gasteiger partial charge in [0.2, 0.25) is 5.91 Å². The number of rotatable bonds is 5. The number of amides is 1. The zero-order valence-corrected chi connectivity index (χ0v) is 13.9. The normalized spacial score (nSPS) is 20.4. The molecule has 1 atom stereocenters. The van der Waals surface area contributed by atoms with Gasteiger partial charge >= 0.3 is 0 Å². The van der Waals surface area contributed by atoms with Crippen LogP contribution in [0.2, 0.25) is 0 Å². The first kappa shape index (κ1) is 16.1. The van der Waals surface area contributed by atoms with Crippen molar-refractivity contribution in [2.24, 2.45) is 5.41 Å². The predicted octanol–water partition coefficient (Wildman–Crippen LogP) is 3.11. The van der Waals surface area contributed by atoms with E-state index >= 15 is 0 Å². The van der Waals surface area contributed by atoms with Crippen molar-refractivity contribution in [2.45, 2.75) is 66.0 Å². The van der Waals surface area contributed by atoms with E-state index in [4.69, 9.17) is 4.42 Å². The van der Waals surface area contributed by atoms with Crippen LogP contribution in [0.3, 0.4) is 0 Å². The third-order valence-electron chi connectivity index (χ3n) is 3.98. The number of nitrogens with one attached hydrogen (secondary N) is 2. The van der Waals surface area contributed by atoms with E-state index in [2.05, 4.69) is 44.4 Å². The van der Waals surface area contributed by atoms with Crippen LogP contribution in [0.15, 0.2) is 10.5 Å². The molecule has 0 saturated carbocycles. The summed E-state index contributed by atoms with van der Waals surface area (Å²) >= 11 is 0. The van der Waals surface area contributed by atoms with Gasteiger partial charge in [-0.25, -0.2) is 0 Å². The monoisotopic (exact) mass is 292 g/mol. The van der Waals surface area contributed by atoms with Crippen molar-refractivity contribution >= 4 is 5.91 Å². The summed E-state index contributed by atoms with van der Waals surface area (Å²) in [7, 11) is 0. The Hall–Kier alpha value is -1.29. The highest BCUT2D eigenvalue weighted by atomic mass is 16.3. The van der Waals surface area contributed by atoms with Crippen molar-refractivity contribution in [1.29, 1.82) is 0 Å². The van der Waals surface area contributed by atoms with Crippen LogP contribution in [0, 0.1) is 12.3 Å². The zero-order valence-electron chi connectivity index (χ0n) is 13.9. The van der Waals surface area contributed by atoms with E-state index in [-0.39, 0.29) is 17.4 Å². The summed E-state index contributed by atoms with van der Waals surface area (Å²) in [5, 5.41) is 6.45. The van der Waals surface area contributed by atoms with Gasteiger partial charge in [-0.05, 0) is 24.8 Å². The minimum Gasteiger partial charge on any atom is -0.466 e. The Morgan fingerprint density at radius 2 is 2.19 bits per heavy atom. The van der Waals surface area contributed by atoms with Gasteiger partial charge in [-0.2, -0.15) is 0 Å². The molecule has 0 spiro atoms. The molecule has 0 aromatic carbocycles. The van der Waals surface area contributed by atoms with E-state index in [1.165, 1.54) is 0 Å². The molecule has 2 N–H and O–H groups in total. The van der Waals surface area contributed by atoms with Crippen molar-refractivity contribution in [3.05, 3.63) is 23.2 Å². The lowest BCUT2D eigenvalue weighted by molar-refractivity contribution is -0.122. The fourth-order valence-corrected chi connectivity index (χ4v) is 3.05. The second-order valence-corrected chi connectivity index (χ2v) is 7.26. The lowest BCUT2D eigenvalue weighted by Crippen LogP contribution is -2.37. The summed E-state index contributed by atoms with van der Waals surface area (Å²) in [6.07, 6.45) is 2.42. The minimum absolute atomic E-state index is 0.0766. The first-order chi connectivity index (χ1) is 9.77. The van der Waals surface area contributed by atoms with Gasteiger partial charge in [0, 0.05) is 31.0 Å². The highest BCUT2D eigenvalue weighted by Gasteiger charge is 2.35. The van der Waals surface area contributed by atoms with E-state index < -0.39 is 0 Å². The fraction of sp³-hybridized carbons (Fsp3) is 0.706. The molecule has 1 unspecified atom stereocenters. The van der Waals surface area contributed by atoms with Crippen LogP contribution in [-0.4, -0.2) is 18.5 Å². The van der Waals surface area contributed by atoms with E-state index in [0.717, 1.165) is 36.5 Å². The predicted molar refractivity (Wildman–Crippen MR) is 84.2 cm³/mol. The molecule has 1 aromatic rings. The van der Waals surface area contributed by atoms with Crippen molar-refractivity contribution < 1.29 is 9.21 Å². The molecule has 1 heterocycles. The lowest BCUT2D eigenvalue weighted by atomic mass is 9.74. The second kappa shape index (κ2) is 6.22. The maximum atomic E-state index is 12.1. The molecule has 0 saturated heterocycles. The van der Waals surface area contributed by atoms with Gasteiger partial charge in [0.1, 0.15) is 11.5 Å². The molecule has 0 bridgehead atoms. The molecule has 21 heavy (non-hydrogen) atoms. The zero-order chi connectivity index (χ0) is 15.6. The van der Waals surface area contributed by atoms with Crippen LogP contribution in [0.4, 0.5) is 0 Å². The van der Waals surface area contributed by atoms with Gasteiger partial charge in [0.15, 0.2) is 0 Å². The molecule has 1 aliphatic carbocycles. The Kier molecular flexibility index (Phi) is 4.77. The van der Waals surface area contributed by atoms with Crippen LogP contribution in [-0.2, 0) is 11.2 Å². The Morgan fingerprint density at radius 1 is 1.48 bits per heavy atom. The fourth-order valence-electron chi connectivity index (χ4n) is 3.05. The Labute approximate surface area is 127 Å². The van der Waals surface area contributed by atoms with Crippen molar-refractivity contribution in [1.82, 2.24) is 10.6 Å². The SMILES string of the molecule is Cc1cc2c(o1)CC(C)(C)CC2NC(=O)CCNC(C)C. The van der Waals surface area contributed by atoms with Crippen molar-refractivity contribution in [2.75, 3.05) is 6.54 Å². The molecule has 2 rings (SSSR count). The third-order valence-corrected chi connectivity index (χ3v) is 3.98. The third kappa shape index (κ3) is 4.34. The summed E-state index contributed by atoms with van der Waals surface area (Å²) in [6, 6.07) is 2.56. The highest BCUT2D eigenvalue weighted by molar-refractivity contribution is 5.76. The maximum Gasteiger partial charge on any atom is 0.221 e. The van der Waals surface area contributed by atoms with Gasteiger partial charge in [0.25, 0.3) is 0 Å². The molecule has 4 nitrogen and oxygen atoms in total. The summed E-state index contributed by atoms with van der Waals surface area (Å²) in [4.78, 5) is 12.1. The summed E-state index contributed by atoms with van der Waals surface area (Å²) < 4.78 is 5.80. The number of hydrogen-bond donors (Lipinski definition) is 2. The van der Waals surface area contributed by atoms with Gasteiger partial charge < -0.3 is 15.1 Å². The number of aryl methyl sites for hydroxylation is 1. The Bertz CT molecular complexity index is 503. The number of furan rings is 1. The summed E-state index contributed by atoms with van der Waals surface area (Å²) in [5.41, 5.74) is 1.32. The van der Waals surface area contributed by atoms with Crippen LogP contribution >= 0.6 is 0 Å². The first-order valence-corrected chi connectivity index (χ1v) is 7.89. The molecule has 4 heteroatoms. The van der Waals surface area contributed by atoms with E-state index in [9.17, 15) is 4.79 Å². The largest absolute Gasteiger partial charge is 0.466 e. The number of carbonyl (C=O) groups excluding carboxylic acids is 1. The van der Waals surface area contributed by atoms with Gasteiger partial charge in [0.05, 0.1) is 6.04 Å². The second-order valence-electron chi connectivity index (χ2n) is 7.26. The number of carbonyl (C=O) groups is 1. The average Bonchev–Trinajstić information content (AvgIpc) is 2.67. The van der Waals surface area contributed by atoms with Crippen LogP contribution in [0.25, 0.3) is 0 Å². The molecule has 1 amide bonds. The van der Waals surface area contributed by atoms with Crippen LogP contribution in [0.1, 0.15) is 63.7 Å². The van der Waals surface area contributed by atoms with Crippen LogP contribution < -0.4 is 10.6 Å². The quantitative estimate of drug-likeness (QED) is 0.877. The van der Waals surface area contributed by atoms with Gasteiger partial charge in [-0.15, -0.1) is 0 Å². The number of fused-ring (bicyclic) bond motifs is 1. The van der Waals surface area contributed by atoms with Gasteiger partial charge in [-0.3, -0.25) is 4.79 Å². The molecular weight excluding hydrogens is 264 g/mol. The average molecular weight is 292 g/mol. The van der Waals surface area contributed by atoms with E-state index in [0.29, 0.717) is 12.5 Å². The minimum atomic E-state index is 0.0766. The number of hydrogen-bond acceptors (Lipinski definition) is 3. The standard InChI is InChI=1S/C17H28N2O2/c1-11(2)18-7-6-16(20)19-14-9-17(4,5)10-15-13(14)8-12(3)21-15/h8,11,14,18H,6-7,9-10H2,1-5H3,(H,19,20). The molecule has 0 fully saturated rings. The molecule has 0 radical (unpaired) electrons. The first-order valence-electron chi connectivity index (χ1n) is 7.89. The summed E-state index contributed by atoms with van der Waals surface area (Å²) in [5.74, 6) is 2.07. The molecule has 0 aliphatic heterocycles. The lowest BCUT2D eigenvalue weighted by Gasteiger charge is -2.34. The topological polar surface area (TPSA) is 54.3 Å². The Balaban J connectivity index is 2.00. The smallest absolute Gasteiger partial charge is 0.221 e. The molecular formula is C17H28N2O2. The van der Waals surface area contributed by atoms with Crippen LogP contribution in [0.5, 0.6) is 0 Å².